The Morgan fingerprint density at radius 1 is 1.02 bits per heavy atom. The van der Waals surface area contributed by atoms with Crippen molar-refractivity contribution in [3.05, 3.63) is 81.6 Å². The van der Waals surface area contributed by atoms with Crippen LogP contribution in [-0.4, -0.2) is 51.2 Å². The van der Waals surface area contributed by atoms with E-state index in [0.29, 0.717) is 15.4 Å². The van der Waals surface area contributed by atoms with Crippen molar-refractivity contribution < 1.29 is 50.1 Å². The lowest BCUT2D eigenvalue weighted by molar-refractivity contribution is -0.137. The van der Waals surface area contributed by atoms with Gasteiger partial charge >= 0.3 is 12.8 Å². The second kappa shape index (κ2) is 12.7. The third kappa shape index (κ3) is 6.93. The van der Waals surface area contributed by atoms with Crippen molar-refractivity contribution in [2.75, 3.05) is 24.4 Å². The Balaban J connectivity index is 1.98. The molecule has 4 rings (SSSR count). The van der Waals surface area contributed by atoms with Crippen molar-refractivity contribution in [3.8, 4) is 28.6 Å². The van der Waals surface area contributed by atoms with E-state index in [0.717, 1.165) is 56.6 Å². The molecule has 2 aromatic heterocycles. The van der Waals surface area contributed by atoms with Gasteiger partial charge in [-0.1, -0.05) is 0 Å². The molecule has 17 heteroatoms. The highest BCUT2D eigenvalue weighted by atomic mass is 19.4. The molecule has 1 amide bonds. The third-order valence-electron chi connectivity index (χ3n) is 6.58. The van der Waals surface area contributed by atoms with E-state index >= 15 is 8.78 Å². The summed E-state index contributed by atoms with van der Waals surface area (Å²) in [5.41, 5.74) is -6.51. The van der Waals surface area contributed by atoms with Crippen LogP contribution >= 0.6 is 0 Å². The molecule has 0 atom stereocenters. The van der Waals surface area contributed by atoms with Crippen LogP contribution in [0.3, 0.4) is 0 Å². The molecular formula is C29H26F7N5O5. The molecule has 2 aromatic carbocycles. The average molecular weight is 658 g/mol. The summed E-state index contributed by atoms with van der Waals surface area (Å²) >= 11 is 0. The molecule has 0 fully saturated rings. The Morgan fingerprint density at radius 2 is 1.63 bits per heavy atom. The number of pyridine rings is 1. The smallest absolute Gasteiger partial charge is 0.420 e. The van der Waals surface area contributed by atoms with Crippen molar-refractivity contribution in [2.45, 2.75) is 32.2 Å². The van der Waals surface area contributed by atoms with Crippen molar-refractivity contribution >= 4 is 17.4 Å². The number of aliphatic hydroxyl groups excluding tert-OH is 1. The fraction of sp³-hybridized carbons (Fsp3) is 0.276. The van der Waals surface area contributed by atoms with Crippen LogP contribution in [0.4, 0.5) is 42.2 Å². The van der Waals surface area contributed by atoms with E-state index in [9.17, 15) is 36.6 Å². The van der Waals surface area contributed by atoms with Gasteiger partial charge in [-0.15, -0.1) is 0 Å². The molecule has 0 unspecified atom stereocenters. The Labute approximate surface area is 256 Å². The lowest BCUT2D eigenvalue weighted by Crippen LogP contribution is -2.35. The van der Waals surface area contributed by atoms with Gasteiger partial charge in [0.2, 0.25) is 0 Å². The van der Waals surface area contributed by atoms with Crippen LogP contribution in [0.5, 0.6) is 11.5 Å². The number of methoxy groups -OCH3 is 1. The first-order valence-corrected chi connectivity index (χ1v) is 13.2. The van der Waals surface area contributed by atoms with Gasteiger partial charge in [0.25, 0.3) is 11.5 Å². The molecule has 3 N–H and O–H groups in total. The summed E-state index contributed by atoms with van der Waals surface area (Å²) in [6, 6.07) is 7.22. The van der Waals surface area contributed by atoms with E-state index in [4.69, 9.17) is 4.74 Å². The molecule has 0 aliphatic rings. The number of carbonyl (C=O) groups is 1. The van der Waals surface area contributed by atoms with Crippen LogP contribution in [0.1, 0.15) is 29.8 Å². The largest absolute Gasteiger partial charge is 0.497 e. The highest BCUT2D eigenvalue weighted by Gasteiger charge is 2.38. The number of halogens is 7. The minimum Gasteiger partial charge on any atom is -0.497 e. The van der Waals surface area contributed by atoms with Gasteiger partial charge in [0.1, 0.15) is 45.9 Å². The number of hydrogen-bond donors (Lipinski definition) is 3. The van der Waals surface area contributed by atoms with Crippen molar-refractivity contribution in [2.24, 2.45) is 7.05 Å². The van der Waals surface area contributed by atoms with Crippen LogP contribution in [0, 0.1) is 11.6 Å². The second-order valence-electron chi connectivity index (χ2n) is 10.4. The molecule has 0 bridgehead atoms. The summed E-state index contributed by atoms with van der Waals surface area (Å²) in [4.78, 5) is 31.0. The molecule has 0 saturated heterocycles. The summed E-state index contributed by atoms with van der Waals surface area (Å²) in [5.74, 6) is -5.46. The Morgan fingerprint density at radius 3 is 2.15 bits per heavy atom. The molecule has 0 radical (unpaired) electrons. The van der Waals surface area contributed by atoms with E-state index in [1.54, 1.807) is 0 Å². The number of hydrogen-bond acceptors (Lipinski definition) is 7. The van der Waals surface area contributed by atoms with Crippen LogP contribution in [0.25, 0.3) is 17.1 Å². The molecule has 46 heavy (non-hydrogen) atoms. The van der Waals surface area contributed by atoms with E-state index < -0.39 is 76.4 Å². The molecule has 246 valence electrons. The number of aromatic nitrogens is 3. The van der Waals surface area contributed by atoms with Gasteiger partial charge in [-0.2, -0.15) is 26.6 Å². The highest BCUT2D eigenvalue weighted by molar-refractivity contribution is 6.06. The number of benzene rings is 2. The van der Waals surface area contributed by atoms with Gasteiger partial charge in [-0.25, -0.2) is 13.8 Å². The molecular weight excluding hydrogens is 631 g/mol. The van der Waals surface area contributed by atoms with Crippen LogP contribution in [0.15, 0.2) is 53.3 Å². The zero-order valence-corrected chi connectivity index (χ0v) is 24.5. The minimum atomic E-state index is -5.08. The molecule has 0 spiro atoms. The van der Waals surface area contributed by atoms with E-state index in [2.05, 4.69) is 20.4 Å². The zero-order valence-electron chi connectivity index (χ0n) is 24.5. The highest BCUT2D eigenvalue weighted by Crippen LogP contribution is 2.37. The molecule has 0 aliphatic carbocycles. The number of nitrogens with one attached hydrogen (secondary N) is 2. The predicted octanol–water partition coefficient (Wildman–Crippen LogP) is 5.58. The van der Waals surface area contributed by atoms with Gasteiger partial charge in [-0.3, -0.25) is 14.3 Å². The number of amides is 1. The zero-order chi connectivity index (χ0) is 34.1. The monoisotopic (exact) mass is 657 g/mol. The number of nitrogens with zero attached hydrogens (tertiary/aromatic N) is 3. The van der Waals surface area contributed by atoms with E-state index in [1.165, 1.54) is 13.8 Å². The summed E-state index contributed by atoms with van der Waals surface area (Å²) in [7, 11) is 2.15. The molecule has 4 aromatic rings. The van der Waals surface area contributed by atoms with Crippen molar-refractivity contribution in [1.29, 1.82) is 0 Å². The number of anilines is 2. The first-order chi connectivity index (χ1) is 21.5. The Hall–Kier alpha value is -5.06. The average Bonchev–Trinajstić information content (AvgIpc) is 3.20. The Kier molecular flexibility index (Phi) is 9.37. The first-order valence-electron chi connectivity index (χ1n) is 13.2. The molecule has 2 heterocycles. The molecule has 10 nitrogen and oxygen atoms in total. The summed E-state index contributed by atoms with van der Waals surface area (Å²) in [6.45, 7) is -0.569. The molecule has 0 aliphatic heterocycles. The van der Waals surface area contributed by atoms with Crippen LogP contribution in [0.2, 0.25) is 0 Å². The maximum atomic E-state index is 15.4. The van der Waals surface area contributed by atoms with E-state index in [-0.39, 0.29) is 22.9 Å². The summed E-state index contributed by atoms with van der Waals surface area (Å²) in [5, 5.41) is 14.5. The SMILES string of the molecule is COc1cc(F)c(-c2c(NC(=O)c3ccc(OC(F)F)cc3)c(=O)n(-c3nc(NC(C)(C)CO)ccc3C(F)(F)F)n2C)c(F)c1. The van der Waals surface area contributed by atoms with Crippen LogP contribution < -0.4 is 25.7 Å². The van der Waals surface area contributed by atoms with Crippen LogP contribution in [-0.2, 0) is 13.2 Å². The lowest BCUT2D eigenvalue weighted by atomic mass is 10.1. The Bertz CT molecular complexity index is 1800. The number of aliphatic hydroxyl groups is 1. The van der Waals surface area contributed by atoms with Gasteiger partial charge < -0.3 is 25.2 Å². The number of alkyl halides is 5. The topological polar surface area (TPSA) is 120 Å². The quantitative estimate of drug-likeness (QED) is 0.191. The van der Waals surface area contributed by atoms with E-state index in [1.807, 2.05) is 0 Å². The molecule has 0 saturated carbocycles. The van der Waals surface area contributed by atoms with Gasteiger partial charge in [0.05, 0.1) is 24.8 Å². The summed E-state index contributed by atoms with van der Waals surface area (Å²) in [6.07, 6.45) is -5.08. The fourth-order valence-electron chi connectivity index (χ4n) is 4.40. The fourth-order valence-corrected chi connectivity index (χ4v) is 4.40. The van der Waals surface area contributed by atoms with Gasteiger partial charge in [0.15, 0.2) is 5.82 Å². The number of carbonyl (C=O) groups excluding carboxylic acids is 1. The third-order valence-corrected chi connectivity index (χ3v) is 6.58. The van der Waals surface area contributed by atoms with Gasteiger partial charge in [0, 0.05) is 24.7 Å². The second-order valence-corrected chi connectivity index (χ2v) is 10.4. The number of rotatable bonds is 10. The minimum absolute atomic E-state index is 0.199. The van der Waals surface area contributed by atoms with Crippen molar-refractivity contribution in [3.63, 3.8) is 0 Å². The first kappa shape index (κ1) is 33.8. The standard InChI is InChI=1S/C29H26F7N5O5/c1-28(2,13-42)39-20-10-9-17(29(34,35)36)24(37-20)41-26(44)22(38-25(43)14-5-7-15(8-6-14)46-27(32)33)23(40(41)3)21-18(30)11-16(45-4)12-19(21)31/h5-12,27,42H,13H2,1-4H3,(H,37,39)(H,38,43). The lowest BCUT2D eigenvalue weighted by Gasteiger charge is -2.25. The van der Waals surface area contributed by atoms with Gasteiger partial charge in [-0.05, 0) is 50.2 Å². The maximum Gasteiger partial charge on any atom is 0.420 e. The number of ether oxygens (including phenoxy) is 2. The summed E-state index contributed by atoms with van der Waals surface area (Å²) < 4.78 is 109. The normalized spacial score (nSPS) is 11.9. The maximum absolute atomic E-state index is 15.4. The van der Waals surface area contributed by atoms with Crippen molar-refractivity contribution in [1.82, 2.24) is 14.3 Å². The predicted molar refractivity (Wildman–Crippen MR) is 152 cm³/mol.